The number of nitrogens with one attached hydrogen (secondary N) is 1. The summed E-state index contributed by atoms with van der Waals surface area (Å²) in [6.45, 7) is 0. The molecular formula is C28H27ClN2O3. The van der Waals surface area contributed by atoms with Gasteiger partial charge in [-0.2, -0.15) is 0 Å². The molecule has 2 N–H and O–H groups in total. The first kappa shape index (κ1) is 21.5. The first-order valence-corrected chi connectivity index (χ1v) is 12.4. The third-order valence-corrected chi connectivity index (χ3v) is 8.53. The molecule has 174 valence electrons. The first-order valence-electron chi connectivity index (χ1n) is 12.0. The highest BCUT2D eigenvalue weighted by Crippen LogP contribution is 2.61. The van der Waals surface area contributed by atoms with Crippen molar-refractivity contribution in [1.29, 1.82) is 0 Å². The fourth-order valence-corrected chi connectivity index (χ4v) is 7.36. The van der Waals surface area contributed by atoms with E-state index in [2.05, 4.69) is 23.5 Å². The van der Waals surface area contributed by atoms with Gasteiger partial charge in [0.05, 0.1) is 10.7 Å². The van der Waals surface area contributed by atoms with E-state index in [0.717, 1.165) is 33.7 Å². The van der Waals surface area contributed by atoms with Crippen molar-refractivity contribution < 1.29 is 14.7 Å². The van der Waals surface area contributed by atoms with Gasteiger partial charge in [0.1, 0.15) is 5.69 Å². The van der Waals surface area contributed by atoms with Crippen LogP contribution in [0, 0.1) is 17.8 Å². The van der Waals surface area contributed by atoms with Gasteiger partial charge in [0.25, 0.3) is 5.91 Å². The zero-order valence-electron chi connectivity index (χ0n) is 18.8. The lowest BCUT2D eigenvalue weighted by Crippen LogP contribution is -2.48. The molecule has 4 bridgehead atoms. The standard InChI is InChI=1S/C28H27ClN2O3/c29-23-13-21(28-14-17-10-18(15-28)12-19(11-17)16-28)5-8-24(23)30-22-6-3-20(4-7-22)26(32)31-9-1-2-25(31)27(33)34/h1-9,13,17-19,30H,10-12,14-16H2,(H,33,34). The molecule has 0 unspecified atom stereocenters. The van der Waals surface area contributed by atoms with E-state index in [1.165, 1.54) is 56.4 Å². The SMILES string of the molecule is O=C(O)c1cccn1C(=O)c1ccc(Nc2ccc(C34CC5CC(CC(C5)C3)C4)cc2Cl)cc1. The Morgan fingerprint density at radius 3 is 2.18 bits per heavy atom. The van der Waals surface area contributed by atoms with Crippen LogP contribution in [0.1, 0.15) is 64.9 Å². The summed E-state index contributed by atoms with van der Waals surface area (Å²) in [6.07, 6.45) is 9.66. The van der Waals surface area contributed by atoms with Crippen LogP contribution in [0.15, 0.2) is 60.8 Å². The number of carbonyl (C=O) groups excluding carboxylic acids is 1. The summed E-state index contributed by atoms with van der Waals surface area (Å²) in [5.41, 5.74) is 3.71. The van der Waals surface area contributed by atoms with Crippen LogP contribution in [0.3, 0.4) is 0 Å². The highest BCUT2D eigenvalue weighted by atomic mass is 35.5. The Kier molecular flexibility index (Phi) is 5.07. The number of aromatic nitrogens is 1. The number of hydrogen-bond acceptors (Lipinski definition) is 3. The van der Waals surface area contributed by atoms with Crippen molar-refractivity contribution in [2.45, 2.75) is 43.9 Å². The Labute approximate surface area is 203 Å². The van der Waals surface area contributed by atoms with Gasteiger partial charge in [-0.15, -0.1) is 0 Å². The number of carbonyl (C=O) groups is 2. The Morgan fingerprint density at radius 2 is 1.59 bits per heavy atom. The zero-order valence-corrected chi connectivity index (χ0v) is 19.6. The molecule has 34 heavy (non-hydrogen) atoms. The smallest absolute Gasteiger partial charge is 0.352 e. The normalized spacial score (nSPS) is 27.0. The highest BCUT2D eigenvalue weighted by molar-refractivity contribution is 6.33. The molecule has 7 rings (SSSR count). The minimum Gasteiger partial charge on any atom is -0.477 e. The number of rotatable bonds is 5. The molecule has 0 radical (unpaired) electrons. The molecule has 4 fully saturated rings. The topological polar surface area (TPSA) is 71.3 Å². The van der Waals surface area contributed by atoms with Crippen LogP contribution < -0.4 is 5.32 Å². The number of aromatic carboxylic acids is 1. The molecule has 4 aliphatic carbocycles. The predicted molar refractivity (Wildman–Crippen MR) is 132 cm³/mol. The largest absolute Gasteiger partial charge is 0.477 e. The van der Waals surface area contributed by atoms with Gasteiger partial charge in [0.15, 0.2) is 0 Å². The molecule has 4 aliphatic rings. The van der Waals surface area contributed by atoms with E-state index in [1.807, 2.05) is 0 Å². The second-order valence-corrected chi connectivity index (χ2v) is 10.9. The van der Waals surface area contributed by atoms with E-state index in [4.69, 9.17) is 11.6 Å². The fourth-order valence-electron chi connectivity index (χ4n) is 7.13. The Morgan fingerprint density at radius 1 is 0.941 bits per heavy atom. The van der Waals surface area contributed by atoms with Gasteiger partial charge < -0.3 is 10.4 Å². The lowest BCUT2D eigenvalue weighted by Gasteiger charge is -2.57. The van der Waals surface area contributed by atoms with Crippen molar-refractivity contribution in [3.05, 3.63) is 82.6 Å². The molecule has 0 saturated heterocycles. The van der Waals surface area contributed by atoms with Gasteiger partial charge in [-0.1, -0.05) is 17.7 Å². The van der Waals surface area contributed by atoms with Crippen LogP contribution in [0.25, 0.3) is 0 Å². The molecule has 0 aliphatic heterocycles. The van der Waals surface area contributed by atoms with Gasteiger partial charge in [0.2, 0.25) is 0 Å². The molecule has 6 heteroatoms. The molecule has 0 atom stereocenters. The maximum atomic E-state index is 12.7. The number of hydrogen-bond donors (Lipinski definition) is 2. The van der Waals surface area contributed by atoms with E-state index >= 15 is 0 Å². The van der Waals surface area contributed by atoms with Crippen molar-refractivity contribution >= 4 is 34.9 Å². The monoisotopic (exact) mass is 474 g/mol. The summed E-state index contributed by atoms with van der Waals surface area (Å²) in [5, 5.41) is 13.3. The fraction of sp³-hybridized carbons (Fsp3) is 0.357. The Hall–Kier alpha value is -3.05. The zero-order chi connectivity index (χ0) is 23.4. The van der Waals surface area contributed by atoms with Crippen molar-refractivity contribution in [2.75, 3.05) is 5.32 Å². The minimum atomic E-state index is -1.14. The van der Waals surface area contributed by atoms with Gasteiger partial charge in [0, 0.05) is 17.4 Å². The van der Waals surface area contributed by atoms with Crippen molar-refractivity contribution in [1.82, 2.24) is 4.57 Å². The Balaban J connectivity index is 1.19. The third kappa shape index (κ3) is 3.63. The lowest BCUT2D eigenvalue weighted by molar-refractivity contribution is -0.00518. The maximum absolute atomic E-state index is 12.7. The number of halogens is 1. The lowest BCUT2D eigenvalue weighted by atomic mass is 9.48. The third-order valence-electron chi connectivity index (χ3n) is 8.22. The summed E-state index contributed by atoms with van der Waals surface area (Å²) in [6, 6.07) is 16.4. The molecule has 0 amide bonds. The molecule has 4 saturated carbocycles. The van der Waals surface area contributed by atoms with Crippen molar-refractivity contribution in [3.63, 3.8) is 0 Å². The van der Waals surface area contributed by atoms with Crippen LogP contribution >= 0.6 is 11.6 Å². The van der Waals surface area contributed by atoms with Gasteiger partial charge in [-0.3, -0.25) is 9.36 Å². The summed E-state index contributed by atoms with van der Waals surface area (Å²) >= 11 is 6.74. The van der Waals surface area contributed by atoms with Crippen molar-refractivity contribution in [3.8, 4) is 0 Å². The number of nitrogens with zero attached hydrogens (tertiary/aromatic N) is 1. The Bertz CT molecular complexity index is 1240. The molecule has 2 aromatic carbocycles. The molecule has 0 spiro atoms. The first-order chi connectivity index (χ1) is 16.4. The van der Waals surface area contributed by atoms with Crippen LogP contribution in [0.5, 0.6) is 0 Å². The van der Waals surface area contributed by atoms with Crippen LogP contribution in [0.4, 0.5) is 11.4 Å². The summed E-state index contributed by atoms with van der Waals surface area (Å²) in [5.74, 6) is 1.15. The van der Waals surface area contributed by atoms with Crippen LogP contribution in [-0.2, 0) is 5.41 Å². The minimum absolute atomic E-state index is 0.0573. The predicted octanol–water partition coefficient (Wildman–Crippen LogP) is 6.74. The summed E-state index contributed by atoms with van der Waals surface area (Å²) in [7, 11) is 0. The molecule has 5 nitrogen and oxygen atoms in total. The van der Waals surface area contributed by atoms with E-state index in [0.29, 0.717) is 16.0 Å². The number of anilines is 2. The van der Waals surface area contributed by atoms with E-state index in [1.54, 1.807) is 30.3 Å². The highest BCUT2D eigenvalue weighted by Gasteiger charge is 2.51. The van der Waals surface area contributed by atoms with Gasteiger partial charge in [-0.25, -0.2) is 4.79 Å². The summed E-state index contributed by atoms with van der Waals surface area (Å²) < 4.78 is 1.14. The number of benzene rings is 2. The molecule has 3 aromatic rings. The van der Waals surface area contributed by atoms with E-state index in [9.17, 15) is 14.7 Å². The van der Waals surface area contributed by atoms with Crippen LogP contribution in [-0.4, -0.2) is 21.6 Å². The number of carboxylic acids is 1. The second kappa shape index (κ2) is 8.02. The van der Waals surface area contributed by atoms with Gasteiger partial charge >= 0.3 is 5.97 Å². The molecule has 1 aromatic heterocycles. The summed E-state index contributed by atoms with van der Waals surface area (Å²) in [4.78, 5) is 24.0. The average Bonchev–Trinajstić information content (AvgIpc) is 3.30. The van der Waals surface area contributed by atoms with Crippen LogP contribution in [0.2, 0.25) is 5.02 Å². The van der Waals surface area contributed by atoms with Crippen molar-refractivity contribution in [2.24, 2.45) is 17.8 Å². The number of carboxylic acid groups (broad SMARTS) is 1. The molecule has 1 heterocycles. The quantitative estimate of drug-likeness (QED) is 0.429. The second-order valence-electron chi connectivity index (χ2n) is 10.5. The van der Waals surface area contributed by atoms with Gasteiger partial charge in [-0.05, 0) is 116 Å². The average molecular weight is 475 g/mol. The molecular weight excluding hydrogens is 448 g/mol. The van der Waals surface area contributed by atoms with E-state index < -0.39 is 5.97 Å². The maximum Gasteiger partial charge on any atom is 0.352 e. The van der Waals surface area contributed by atoms with E-state index in [-0.39, 0.29) is 11.6 Å².